The molecule has 3 aliphatic rings. The van der Waals surface area contributed by atoms with Crippen LogP contribution in [0.5, 0.6) is 11.5 Å². The Hall–Kier alpha value is -3.55. The fraction of sp³-hybridized carbons (Fsp3) is 0.464. The van der Waals surface area contributed by atoms with Gasteiger partial charge < -0.3 is 24.0 Å². The molecule has 3 aliphatic heterocycles. The Labute approximate surface area is 211 Å². The molecule has 8 heteroatoms. The molecular weight excluding hydrogens is 460 g/mol. The van der Waals surface area contributed by atoms with Crippen LogP contribution in [0, 0.1) is 5.92 Å². The summed E-state index contributed by atoms with van der Waals surface area (Å²) in [6.07, 6.45) is 2.10. The van der Waals surface area contributed by atoms with Gasteiger partial charge >= 0.3 is 5.97 Å². The normalized spacial score (nSPS) is 22.8. The van der Waals surface area contributed by atoms with Crippen LogP contribution >= 0.6 is 0 Å². The van der Waals surface area contributed by atoms with E-state index in [1.165, 1.54) is 0 Å². The number of piperidine rings is 1. The van der Waals surface area contributed by atoms with Crippen molar-refractivity contribution in [3.05, 3.63) is 58.7 Å². The molecule has 2 aromatic carbocycles. The van der Waals surface area contributed by atoms with Crippen LogP contribution in [-0.4, -0.2) is 68.0 Å². The van der Waals surface area contributed by atoms with Crippen molar-refractivity contribution >= 4 is 17.8 Å². The predicted molar refractivity (Wildman–Crippen MR) is 132 cm³/mol. The van der Waals surface area contributed by atoms with Gasteiger partial charge in [-0.15, -0.1) is 0 Å². The molecule has 190 valence electrons. The van der Waals surface area contributed by atoms with Gasteiger partial charge in [0.2, 0.25) is 5.91 Å². The van der Waals surface area contributed by atoms with Crippen molar-refractivity contribution in [3.8, 4) is 11.5 Å². The van der Waals surface area contributed by atoms with E-state index >= 15 is 0 Å². The average Bonchev–Trinajstić information content (AvgIpc) is 2.92. The molecule has 0 N–H and O–H groups in total. The molecule has 0 aromatic heterocycles. The molecule has 0 aliphatic carbocycles. The fourth-order valence-electron chi connectivity index (χ4n) is 5.95. The molecule has 0 spiro atoms. The number of fused-ring (bicyclic) bond motifs is 4. The number of carbonyl (C=O) groups excluding carboxylic acids is 3. The zero-order valence-electron chi connectivity index (χ0n) is 21.0. The van der Waals surface area contributed by atoms with Crippen molar-refractivity contribution in [3.63, 3.8) is 0 Å². The highest BCUT2D eigenvalue weighted by molar-refractivity contribution is 6.01. The number of hydrogen-bond acceptors (Lipinski definition) is 6. The van der Waals surface area contributed by atoms with E-state index in [1.807, 2.05) is 35.2 Å². The van der Waals surface area contributed by atoms with E-state index in [-0.39, 0.29) is 23.7 Å². The van der Waals surface area contributed by atoms with Crippen LogP contribution in [0.15, 0.2) is 36.4 Å². The zero-order valence-corrected chi connectivity index (χ0v) is 21.0. The maximum atomic E-state index is 14.3. The number of esters is 1. The molecule has 2 amide bonds. The smallest absolute Gasteiger partial charge is 0.310 e. The molecule has 8 nitrogen and oxygen atoms in total. The Morgan fingerprint density at radius 3 is 2.53 bits per heavy atom. The highest BCUT2D eigenvalue weighted by Crippen LogP contribution is 2.49. The van der Waals surface area contributed by atoms with Gasteiger partial charge in [-0.25, -0.2) is 0 Å². The van der Waals surface area contributed by atoms with Crippen LogP contribution in [0.25, 0.3) is 0 Å². The molecule has 1 saturated heterocycles. The van der Waals surface area contributed by atoms with Crippen molar-refractivity contribution < 1.29 is 28.6 Å². The second-order valence-electron chi connectivity index (χ2n) is 9.54. The lowest BCUT2D eigenvalue weighted by Crippen LogP contribution is -2.52. The molecule has 5 rings (SSSR count). The first-order valence-corrected chi connectivity index (χ1v) is 12.6. The quantitative estimate of drug-likeness (QED) is 0.596. The van der Waals surface area contributed by atoms with Gasteiger partial charge in [-0.2, -0.15) is 0 Å². The standard InChI is InChI=1S/C28H32N2O6/c1-4-36-28(33)18-8-7-12-29(16-18)27(32)24-19-9-5-6-10-20(19)26(31)30-13-11-17-14-22(34-2)23(35-3)15-21(17)25(24)30/h5-6,9-10,14-15,18,24-25H,4,7-8,11-13,16H2,1-3H3/t18-,24-,25+/m1/s1. The summed E-state index contributed by atoms with van der Waals surface area (Å²) in [5.41, 5.74) is 3.24. The van der Waals surface area contributed by atoms with E-state index in [0.717, 1.165) is 23.1 Å². The van der Waals surface area contributed by atoms with E-state index in [2.05, 4.69) is 0 Å². The van der Waals surface area contributed by atoms with Gasteiger partial charge in [0.1, 0.15) is 0 Å². The van der Waals surface area contributed by atoms with Crippen LogP contribution in [0.4, 0.5) is 0 Å². The van der Waals surface area contributed by atoms with Crippen LogP contribution < -0.4 is 9.47 Å². The molecule has 36 heavy (non-hydrogen) atoms. The molecule has 0 saturated carbocycles. The minimum absolute atomic E-state index is 0.0665. The summed E-state index contributed by atoms with van der Waals surface area (Å²) in [6.45, 7) is 3.52. The second kappa shape index (κ2) is 9.84. The predicted octanol–water partition coefficient (Wildman–Crippen LogP) is 3.34. The maximum absolute atomic E-state index is 14.3. The van der Waals surface area contributed by atoms with Crippen molar-refractivity contribution in [1.29, 1.82) is 0 Å². The first-order chi connectivity index (χ1) is 17.5. The SMILES string of the molecule is CCOC(=O)[C@@H]1CCCN(C(=O)[C@@H]2c3ccccc3C(=O)N3CCc4cc(OC)c(OC)cc4[C@@H]23)C1. The maximum Gasteiger partial charge on any atom is 0.310 e. The molecule has 0 unspecified atom stereocenters. The Bertz CT molecular complexity index is 1190. The van der Waals surface area contributed by atoms with Crippen molar-refractivity contribution in [2.45, 2.75) is 38.1 Å². The summed E-state index contributed by atoms with van der Waals surface area (Å²) in [4.78, 5) is 43.9. The number of carbonyl (C=O) groups is 3. The van der Waals surface area contributed by atoms with Crippen LogP contribution in [0.3, 0.4) is 0 Å². The number of amides is 2. The largest absolute Gasteiger partial charge is 0.493 e. The van der Waals surface area contributed by atoms with E-state index in [1.54, 1.807) is 32.1 Å². The summed E-state index contributed by atoms with van der Waals surface area (Å²) in [5.74, 6) is -0.112. The summed E-state index contributed by atoms with van der Waals surface area (Å²) < 4.78 is 16.3. The fourth-order valence-corrected chi connectivity index (χ4v) is 5.95. The Morgan fingerprint density at radius 1 is 1.03 bits per heavy atom. The summed E-state index contributed by atoms with van der Waals surface area (Å²) in [6, 6.07) is 10.8. The minimum atomic E-state index is -0.586. The lowest BCUT2D eigenvalue weighted by molar-refractivity contribution is -0.151. The minimum Gasteiger partial charge on any atom is -0.493 e. The average molecular weight is 493 g/mol. The second-order valence-corrected chi connectivity index (χ2v) is 9.54. The van der Waals surface area contributed by atoms with Gasteiger partial charge in [0.05, 0.1) is 38.7 Å². The molecule has 3 heterocycles. The van der Waals surface area contributed by atoms with Gasteiger partial charge in [0.25, 0.3) is 5.91 Å². The molecule has 3 atom stereocenters. The van der Waals surface area contributed by atoms with E-state index in [9.17, 15) is 14.4 Å². The molecular formula is C28H32N2O6. The Kier molecular flexibility index (Phi) is 6.60. The molecule has 2 aromatic rings. The number of nitrogens with zero attached hydrogens (tertiary/aromatic N) is 2. The van der Waals surface area contributed by atoms with Crippen molar-refractivity contribution in [2.75, 3.05) is 40.5 Å². The summed E-state index contributed by atoms with van der Waals surface area (Å²) >= 11 is 0. The highest BCUT2D eigenvalue weighted by Gasteiger charge is 2.48. The number of hydrogen-bond donors (Lipinski definition) is 0. The highest BCUT2D eigenvalue weighted by atomic mass is 16.5. The van der Waals surface area contributed by atoms with Crippen molar-refractivity contribution in [1.82, 2.24) is 9.80 Å². The van der Waals surface area contributed by atoms with E-state index < -0.39 is 12.0 Å². The number of methoxy groups -OCH3 is 2. The summed E-state index contributed by atoms with van der Waals surface area (Å²) in [5, 5.41) is 0. The van der Waals surface area contributed by atoms with Gasteiger partial charge in [0, 0.05) is 25.2 Å². The van der Waals surface area contributed by atoms with Crippen LogP contribution in [-0.2, 0) is 20.7 Å². The summed E-state index contributed by atoms with van der Waals surface area (Å²) in [7, 11) is 3.18. The third-order valence-electron chi connectivity index (χ3n) is 7.64. The van der Waals surface area contributed by atoms with Gasteiger partial charge in [-0.3, -0.25) is 14.4 Å². The van der Waals surface area contributed by atoms with E-state index in [4.69, 9.17) is 14.2 Å². The van der Waals surface area contributed by atoms with Crippen molar-refractivity contribution in [2.24, 2.45) is 5.92 Å². The third kappa shape index (κ3) is 3.98. The van der Waals surface area contributed by atoms with E-state index in [0.29, 0.717) is 56.1 Å². The zero-order chi connectivity index (χ0) is 25.4. The molecule has 0 radical (unpaired) electrons. The molecule has 1 fully saturated rings. The number of ether oxygens (including phenoxy) is 3. The molecule has 0 bridgehead atoms. The third-order valence-corrected chi connectivity index (χ3v) is 7.64. The Morgan fingerprint density at radius 2 is 1.78 bits per heavy atom. The number of benzene rings is 2. The van der Waals surface area contributed by atoms with Crippen LogP contribution in [0.1, 0.15) is 58.8 Å². The monoisotopic (exact) mass is 492 g/mol. The lowest BCUT2D eigenvalue weighted by atomic mass is 9.75. The van der Waals surface area contributed by atoms with Gasteiger partial charge in [0.15, 0.2) is 11.5 Å². The van der Waals surface area contributed by atoms with Crippen LogP contribution in [0.2, 0.25) is 0 Å². The first-order valence-electron chi connectivity index (χ1n) is 12.6. The first kappa shape index (κ1) is 24.2. The number of rotatable bonds is 5. The lowest BCUT2D eigenvalue weighted by Gasteiger charge is -2.47. The number of likely N-dealkylation sites (tertiary alicyclic amines) is 1. The van der Waals surface area contributed by atoms with Gasteiger partial charge in [-0.1, -0.05) is 18.2 Å². The topological polar surface area (TPSA) is 85.4 Å². The Balaban J connectivity index is 1.59. The van der Waals surface area contributed by atoms with Gasteiger partial charge in [-0.05, 0) is 61.1 Å².